The summed E-state index contributed by atoms with van der Waals surface area (Å²) in [7, 11) is 0. The molecule has 1 aromatic heterocycles. The highest BCUT2D eigenvalue weighted by Crippen LogP contribution is 2.40. The average Bonchev–Trinajstić information content (AvgIpc) is 2.58. The fraction of sp³-hybridized carbons (Fsp3) is 0.714. The van der Waals surface area contributed by atoms with Gasteiger partial charge in [0.1, 0.15) is 0 Å². The van der Waals surface area contributed by atoms with Crippen molar-refractivity contribution in [3.8, 4) is 0 Å². The number of thiophene rings is 1. The summed E-state index contributed by atoms with van der Waals surface area (Å²) in [6.45, 7) is 6.56. The first kappa shape index (κ1) is 12.1. The zero-order valence-corrected chi connectivity index (χ0v) is 11.3. The van der Waals surface area contributed by atoms with Crippen LogP contribution in [0.25, 0.3) is 0 Å². The Kier molecular flexibility index (Phi) is 3.70. The van der Waals surface area contributed by atoms with Gasteiger partial charge in [0.15, 0.2) is 0 Å². The van der Waals surface area contributed by atoms with Crippen LogP contribution in [0.1, 0.15) is 54.0 Å². The lowest BCUT2D eigenvalue weighted by Gasteiger charge is -2.29. The molecule has 0 amide bonds. The van der Waals surface area contributed by atoms with Gasteiger partial charge in [-0.1, -0.05) is 19.8 Å². The molecule has 0 aliphatic heterocycles. The van der Waals surface area contributed by atoms with E-state index in [-0.39, 0.29) is 6.10 Å². The molecule has 0 bridgehead atoms. The van der Waals surface area contributed by atoms with Gasteiger partial charge < -0.3 is 5.11 Å². The van der Waals surface area contributed by atoms with Crippen molar-refractivity contribution >= 4 is 11.3 Å². The highest BCUT2D eigenvalue weighted by molar-refractivity contribution is 7.12. The summed E-state index contributed by atoms with van der Waals surface area (Å²) in [5.41, 5.74) is 1.27. The number of aryl methyl sites for hydroxylation is 2. The topological polar surface area (TPSA) is 20.2 Å². The van der Waals surface area contributed by atoms with Crippen LogP contribution in [0.4, 0.5) is 0 Å². The SMILES string of the molecule is Cc1cc(C)c(C(O)C2CCC(C)CC2)s1. The van der Waals surface area contributed by atoms with Gasteiger partial charge in [-0.05, 0) is 50.2 Å². The summed E-state index contributed by atoms with van der Waals surface area (Å²) in [6, 6.07) is 2.19. The molecule has 0 spiro atoms. The molecule has 1 unspecified atom stereocenters. The van der Waals surface area contributed by atoms with Gasteiger partial charge in [0, 0.05) is 9.75 Å². The van der Waals surface area contributed by atoms with Crippen LogP contribution in [0, 0.1) is 25.7 Å². The van der Waals surface area contributed by atoms with Crippen molar-refractivity contribution in [1.29, 1.82) is 0 Å². The summed E-state index contributed by atoms with van der Waals surface area (Å²) in [6.07, 6.45) is 4.74. The van der Waals surface area contributed by atoms with E-state index in [1.807, 2.05) is 0 Å². The summed E-state index contributed by atoms with van der Waals surface area (Å²) >= 11 is 1.77. The van der Waals surface area contributed by atoms with Gasteiger partial charge >= 0.3 is 0 Å². The van der Waals surface area contributed by atoms with Crippen molar-refractivity contribution in [2.75, 3.05) is 0 Å². The molecule has 1 heterocycles. The van der Waals surface area contributed by atoms with E-state index >= 15 is 0 Å². The van der Waals surface area contributed by atoms with E-state index in [0.29, 0.717) is 5.92 Å². The minimum atomic E-state index is -0.216. The van der Waals surface area contributed by atoms with Crippen LogP contribution < -0.4 is 0 Å². The first-order chi connectivity index (χ1) is 7.58. The molecule has 0 aromatic carbocycles. The van der Waals surface area contributed by atoms with Gasteiger partial charge in [-0.25, -0.2) is 0 Å². The number of aliphatic hydroxyl groups is 1. The third kappa shape index (κ3) is 2.49. The van der Waals surface area contributed by atoms with Crippen molar-refractivity contribution in [3.05, 3.63) is 21.4 Å². The maximum Gasteiger partial charge on any atom is 0.0912 e. The Morgan fingerprint density at radius 2 is 1.88 bits per heavy atom. The molecule has 2 rings (SSSR count). The standard InChI is InChI=1S/C14H22OS/c1-9-4-6-12(7-5-9)13(15)14-10(2)8-11(3)16-14/h8-9,12-13,15H,4-7H2,1-3H3. The third-order valence-electron chi connectivity index (χ3n) is 3.86. The predicted octanol–water partition coefficient (Wildman–Crippen LogP) is 4.22. The smallest absolute Gasteiger partial charge is 0.0912 e. The van der Waals surface area contributed by atoms with Gasteiger partial charge in [-0.2, -0.15) is 0 Å². The molecule has 90 valence electrons. The number of rotatable bonds is 2. The average molecular weight is 238 g/mol. The summed E-state index contributed by atoms with van der Waals surface area (Å²) in [5, 5.41) is 10.4. The van der Waals surface area contributed by atoms with Crippen molar-refractivity contribution in [2.45, 2.75) is 52.6 Å². The Morgan fingerprint density at radius 3 is 2.38 bits per heavy atom. The summed E-state index contributed by atoms with van der Waals surface area (Å²) in [5.74, 6) is 1.35. The molecule has 1 aromatic rings. The fourth-order valence-electron chi connectivity index (χ4n) is 2.77. The van der Waals surface area contributed by atoms with Gasteiger partial charge in [0.25, 0.3) is 0 Å². The van der Waals surface area contributed by atoms with Gasteiger partial charge in [0.2, 0.25) is 0 Å². The van der Waals surface area contributed by atoms with Gasteiger partial charge in [0.05, 0.1) is 6.10 Å². The second kappa shape index (κ2) is 4.89. The van der Waals surface area contributed by atoms with Crippen LogP contribution >= 0.6 is 11.3 Å². The lowest BCUT2D eigenvalue weighted by molar-refractivity contribution is 0.0780. The monoisotopic (exact) mass is 238 g/mol. The molecule has 1 fully saturated rings. The van der Waals surface area contributed by atoms with Crippen molar-refractivity contribution in [3.63, 3.8) is 0 Å². The molecule has 1 saturated carbocycles. The fourth-order valence-corrected chi connectivity index (χ4v) is 3.88. The lowest BCUT2D eigenvalue weighted by atomic mass is 9.79. The van der Waals surface area contributed by atoms with Crippen LogP contribution in [-0.2, 0) is 0 Å². The van der Waals surface area contributed by atoms with Crippen molar-refractivity contribution in [2.24, 2.45) is 11.8 Å². The maximum atomic E-state index is 10.4. The zero-order valence-electron chi connectivity index (χ0n) is 10.5. The molecule has 1 N–H and O–H groups in total. The Morgan fingerprint density at radius 1 is 1.25 bits per heavy atom. The van der Waals surface area contributed by atoms with E-state index in [9.17, 15) is 5.11 Å². The molecule has 1 nitrogen and oxygen atoms in total. The normalized spacial score (nSPS) is 28.0. The van der Waals surface area contributed by atoms with Crippen molar-refractivity contribution in [1.82, 2.24) is 0 Å². The molecule has 1 aliphatic rings. The largest absolute Gasteiger partial charge is 0.387 e. The molecule has 1 aliphatic carbocycles. The highest BCUT2D eigenvalue weighted by Gasteiger charge is 2.27. The Bertz CT molecular complexity index is 348. The maximum absolute atomic E-state index is 10.4. The van der Waals surface area contributed by atoms with Crippen LogP contribution in [0.3, 0.4) is 0 Å². The van der Waals surface area contributed by atoms with E-state index in [1.54, 1.807) is 11.3 Å². The minimum absolute atomic E-state index is 0.216. The lowest BCUT2D eigenvalue weighted by Crippen LogP contribution is -2.19. The first-order valence-corrected chi connectivity index (χ1v) is 7.14. The quantitative estimate of drug-likeness (QED) is 0.817. The third-order valence-corrected chi connectivity index (χ3v) is 5.08. The summed E-state index contributed by atoms with van der Waals surface area (Å²) in [4.78, 5) is 2.52. The highest BCUT2D eigenvalue weighted by atomic mass is 32.1. The second-order valence-electron chi connectivity index (χ2n) is 5.37. The number of hydrogen-bond donors (Lipinski definition) is 1. The van der Waals surface area contributed by atoms with Crippen LogP contribution in [-0.4, -0.2) is 5.11 Å². The molecule has 0 radical (unpaired) electrons. The second-order valence-corrected chi connectivity index (χ2v) is 6.66. The minimum Gasteiger partial charge on any atom is -0.387 e. The molecule has 1 atom stereocenters. The van der Waals surface area contributed by atoms with Crippen LogP contribution in [0.2, 0.25) is 0 Å². The molecule has 2 heteroatoms. The van der Waals surface area contributed by atoms with E-state index < -0.39 is 0 Å². The molecular weight excluding hydrogens is 216 g/mol. The predicted molar refractivity (Wildman–Crippen MR) is 69.9 cm³/mol. The van der Waals surface area contributed by atoms with Gasteiger partial charge in [-0.3, -0.25) is 0 Å². The summed E-state index contributed by atoms with van der Waals surface area (Å²) < 4.78 is 0. The van der Waals surface area contributed by atoms with E-state index in [0.717, 1.165) is 5.92 Å². The zero-order chi connectivity index (χ0) is 11.7. The number of aliphatic hydroxyl groups excluding tert-OH is 1. The van der Waals surface area contributed by atoms with Crippen LogP contribution in [0.15, 0.2) is 6.07 Å². The molecule has 0 saturated heterocycles. The Labute approximate surface area is 103 Å². The Balaban J connectivity index is 2.07. The molecule has 16 heavy (non-hydrogen) atoms. The number of hydrogen-bond acceptors (Lipinski definition) is 2. The Hall–Kier alpha value is -0.340. The van der Waals surface area contributed by atoms with E-state index in [2.05, 4.69) is 26.8 Å². The van der Waals surface area contributed by atoms with E-state index in [4.69, 9.17) is 0 Å². The molecular formula is C14H22OS. The van der Waals surface area contributed by atoms with Crippen molar-refractivity contribution < 1.29 is 5.11 Å². The van der Waals surface area contributed by atoms with Crippen LogP contribution in [0.5, 0.6) is 0 Å². The first-order valence-electron chi connectivity index (χ1n) is 6.33. The van der Waals surface area contributed by atoms with E-state index in [1.165, 1.54) is 41.0 Å². The van der Waals surface area contributed by atoms with Gasteiger partial charge in [-0.15, -0.1) is 11.3 Å².